The molecule has 0 amide bonds. The van der Waals surface area contributed by atoms with Crippen molar-refractivity contribution in [1.29, 1.82) is 0 Å². The van der Waals surface area contributed by atoms with Gasteiger partial charge in [0.05, 0.1) is 29.4 Å². The third kappa shape index (κ3) is 3.08. The van der Waals surface area contributed by atoms with E-state index in [2.05, 4.69) is 4.98 Å². The highest BCUT2D eigenvalue weighted by Crippen LogP contribution is 2.35. The van der Waals surface area contributed by atoms with Crippen LogP contribution < -0.4 is 0 Å². The zero-order valence-corrected chi connectivity index (χ0v) is 13.9. The fourth-order valence-corrected chi connectivity index (χ4v) is 2.84. The maximum Gasteiger partial charge on any atom is 0.416 e. The molecule has 0 radical (unpaired) electrons. The first-order chi connectivity index (χ1) is 12.2. The third-order valence-electron chi connectivity index (χ3n) is 4.06. The number of pyridine rings is 1. The highest BCUT2D eigenvalue weighted by atomic mass is 19.4. The first-order valence-electron chi connectivity index (χ1n) is 7.61. The standard InChI is InChI=1S/C19H14F3NO3/c1-10-16(18(25)26-2)14-9-13(24)6-7-15(14)23-17(10)11-4-3-5-12(8-11)19(20,21)22/h3-9,24H,1-2H3. The number of fused-ring (bicyclic) bond motifs is 1. The van der Waals surface area contributed by atoms with Crippen molar-refractivity contribution in [2.45, 2.75) is 13.1 Å². The molecule has 26 heavy (non-hydrogen) atoms. The van der Waals surface area contributed by atoms with Gasteiger partial charge in [0.1, 0.15) is 5.75 Å². The van der Waals surface area contributed by atoms with Crippen LogP contribution in [0.2, 0.25) is 0 Å². The van der Waals surface area contributed by atoms with Crippen molar-refractivity contribution in [2.24, 2.45) is 0 Å². The van der Waals surface area contributed by atoms with Gasteiger partial charge >= 0.3 is 12.1 Å². The molecule has 0 spiro atoms. The summed E-state index contributed by atoms with van der Waals surface area (Å²) in [6, 6.07) is 9.00. The van der Waals surface area contributed by atoms with E-state index in [0.717, 1.165) is 12.1 Å². The van der Waals surface area contributed by atoms with Crippen LogP contribution in [0.25, 0.3) is 22.2 Å². The van der Waals surface area contributed by atoms with Gasteiger partial charge in [-0.15, -0.1) is 0 Å². The van der Waals surface area contributed by atoms with E-state index in [1.807, 2.05) is 0 Å². The molecule has 7 heteroatoms. The first-order valence-corrected chi connectivity index (χ1v) is 7.61. The second-order valence-electron chi connectivity index (χ2n) is 5.73. The number of methoxy groups -OCH3 is 1. The summed E-state index contributed by atoms with van der Waals surface area (Å²) in [5, 5.41) is 10.1. The quantitative estimate of drug-likeness (QED) is 0.671. The average Bonchev–Trinajstić information content (AvgIpc) is 2.60. The molecule has 0 fully saturated rings. The molecular formula is C19H14F3NO3. The number of carbonyl (C=O) groups excluding carboxylic acids is 1. The normalized spacial score (nSPS) is 11.6. The minimum absolute atomic E-state index is 0.0596. The van der Waals surface area contributed by atoms with Crippen LogP contribution in [0.5, 0.6) is 5.75 Å². The lowest BCUT2D eigenvalue weighted by molar-refractivity contribution is -0.137. The van der Waals surface area contributed by atoms with Gasteiger partial charge < -0.3 is 9.84 Å². The molecule has 1 aromatic heterocycles. The minimum Gasteiger partial charge on any atom is -0.508 e. The molecule has 0 atom stereocenters. The second kappa shape index (κ2) is 6.33. The van der Waals surface area contributed by atoms with E-state index in [4.69, 9.17) is 4.74 Å². The summed E-state index contributed by atoms with van der Waals surface area (Å²) in [7, 11) is 1.21. The number of phenols is 1. The van der Waals surface area contributed by atoms with Crippen molar-refractivity contribution in [3.05, 3.63) is 59.2 Å². The van der Waals surface area contributed by atoms with Crippen LogP contribution in [-0.4, -0.2) is 23.2 Å². The van der Waals surface area contributed by atoms with Crippen LogP contribution >= 0.6 is 0 Å². The van der Waals surface area contributed by atoms with Gasteiger partial charge in [-0.05, 0) is 42.8 Å². The molecule has 4 nitrogen and oxygen atoms in total. The molecule has 3 rings (SSSR count). The number of nitrogens with zero attached hydrogens (tertiary/aromatic N) is 1. The first kappa shape index (κ1) is 17.7. The van der Waals surface area contributed by atoms with Gasteiger partial charge in [0.15, 0.2) is 0 Å². The predicted molar refractivity (Wildman–Crippen MR) is 89.9 cm³/mol. The maximum absolute atomic E-state index is 13.0. The summed E-state index contributed by atoms with van der Waals surface area (Å²) in [5.41, 5.74) is 0.560. The van der Waals surface area contributed by atoms with Crippen LogP contribution in [0.4, 0.5) is 13.2 Å². The van der Waals surface area contributed by atoms with E-state index in [-0.39, 0.29) is 22.6 Å². The van der Waals surface area contributed by atoms with Gasteiger partial charge in [-0.25, -0.2) is 9.78 Å². The smallest absolute Gasteiger partial charge is 0.416 e. The Hall–Kier alpha value is -3.09. The molecule has 1 heterocycles. The zero-order valence-electron chi connectivity index (χ0n) is 13.9. The predicted octanol–water partition coefficient (Wildman–Crippen LogP) is 4.72. The zero-order chi connectivity index (χ0) is 19.1. The summed E-state index contributed by atoms with van der Waals surface area (Å²) in [4.78, 5) is 16.7. The van der Waals surface area contributed by atoms with E-state index in [0.29, 0.717) is 16.5 Å². The Morgan fingerprint density at radius 3 is 2.54 bits per heavy atom. The summed E-state index contributed by atoms with van der Waals surface area (Å²) >= 11 is 0. The largest absolute Gasteiger partial charge is 0.508 e. The van der Waals surface area contributed by atoms with Crippen molar-refractivity contribution < 1.29 is 27.8 Å². The average molecular weight is 361 g/mol. The van der Waals surface area contributed by atoms with Crippen LogP contribution in [0.1, 0.15) is 21.5 Å². The van der Waals surface area contributed by atoms with Crippen molar-refractivity contribution in [3.8, 4) is 17.0 Å². The Morgan fingerprint density at radius 1 is 1.15 bits per heavy atom. The number of ether oxygens (including phenoxy) is 1. The lowest BCUT2D eigenvalue weighted by atomic mass is 9.96. The number of esters is 1. The van der Waals surface area contributed by atoms with Crippen LogP contribution in [-0.2, 0) is 10.9 Å². The van der Waals surface area contributed by atoms with Crippen molar-refractivity contribution in [1.82, 2.24) is 4.98 Å². The minimum atomic E-state index is -4.49. The maximum atomic E-state index is 13.0. The van der Waals surface area contributed by atoms with Gasteiger partial charge in [-0.3, -0.25) is 0 Å². The molecule has 0 saturated carbocycles. The number of hydrogen-bond acceptors (Lipinski definition) is 4. The number of rotatable bonds is 2. The third-order valence-corrected chi connectivity index (χ3v) is 4.06. The lowest BCUT2D eigenvalue weighted by Gasteiger charge is -2.14. The lowest BCUT2D eigenvalue weighted by Crippen LogP contribution is -2.08. The van der Waals surface area contributed by atoms with Crippen LogP contribution in [0, 0.1) is 6.92 Å². The molecule has 2 aromatic carbocycles. The summed E-state index contributed by atoms with van der Waals surface area (Å²) in [5.74, 6) is -0.718. The van der Waals surface area contributed by atoms with E-state index >= 15 is 0 Å². The molecule has 0 bridgehead atoms. The van der Waals surface area contributed by atoms with E-state index < -0.39 is 17.7 Å². The Morgan fingerprint density at radius 2 is 1.88 bits per heavy atom. The van der Waals surface area contributed by atoms with Crippen molar-refractivity contribution >= 4 is 16.9 Å². The number of hydrogen-bond donors (Lipinski definition) is 1. The molecule has 1 N–H and O–H groups in total. The van der Waals surface area contributed by atoms with Crippen molar-refractivity contribution in [2.75, 3.05) is 7.11 Å². The second-order valence-corrected chi connectivity index (χ2v) is 5.73. The Balaban J connectivity index is 2.33. The van der Waals surface area contributed by atoms with E-state index in [9.17, 15) is 23.1 Å². The summed E-state index contributed by atoms with van der Waals surface area (Å²) < 4.78 is 43.9. The van der Waals surface area contributed by atoms with Crippen LogP contribution in [0.15, 0.2) is 42.5 Å². The fourth-order valence-electron chi connectivity index (χ4n) is 2.84. The molecule has 0 aliphatic carbocycles. The molecule has 0 aliphatic rings. The Bertz CT molecular complexity index is 1010. The summed E-state index contributed by atoms with van der Waals surface area (Å²) in [6.45, 7) is 1.58. The monoisotopic (exact) mass is 361 g/mol. The number of carbonyl (C=O) groups is 1. The number of benzene rings is 2. The van der Waals surface area contributed by atoms with E-state index in [1.165, 1.54) is 37.4 Å². The number of halogens is 3. The van der Waals surface area contributed by atoms with Gasteiger partial charge in [-0.2, -0.15) is 13.2 Å². The highest BCUT2D eigenvalue weighted by Gasteiger charge is 2.31. The molecule has 3 aromatic rings. The molecule has 0 aliphatic heterocycles. The number of alkyl halides is 3. The molecule has 134 valence electrons. The van der Waals surface area contributed by atoms with Gasteiger partial charge in [0.25, 0.3) is 0 Å². The SMILES string of the molecule is COC(=O)c1c(C)c(-c2cccc(C(F)(F)F)c2)nc2ccc(O)cc12. The Kier molecular flexibility index (Phi) is 4.31. The number of aromatic hydroxyl groups is 1. The molecule has 0 unspecified atom stereocenters. The number of aromatic nitrogens is 1. The van der Waals surface area contributed by atoms with E-state index in [1.54, 1.807) is 6.92 Å². The Labute approximate surface area is 146 Å². The van der Waals surface area contributed by atoms with Crippen LogP contribution in [0.3, 0.4) is 0 Å². The van der Waals surface area contributed by atoms with Crippen molar-refractivity contribution in [3.63, 3.8) is 0 Å². The van der Waals surface area contributed by atoms with Gasteiger partial charge in [-0.1, -0.05) is 12.1 Å². The highest BCUT2D eigenvalue weighted by molar-refractivity contribution is 6.06. The van der Waals surface area contributed by atoms with Gasteiger partial charge in [0.2, 0.25) is 0 Å². The summed E-state index contributed by atoms with van der Waals surface area (Å²) in [6.07, 6.45) is -4.49. The topological polar surface area (TPSA) is 59.4 Å². The molecule has 0 saturated heterocycles. The number of phenolic OH excluding ortho intramolecular Hbond substituents is 1. The molecular weight excluding hydrogens is 347 g/mol. The fraction of sp³-hybridized carbons (Fsp3) is 0.158. The van der Waals surface area contributed by atoms with Gasteiger partial charge in [0, 0.05) is 10.9 Å².